The lowest BCUT2D eigenvalue weighted by atomic mass is 10.0. The van der Waals surface area contributed by atoms with Gasteiger partial charge in [-0.3, -0.25) is 0 Å². The molecule has 0 saturated carbocycles. The van der Waals surface area contributed by atoms with Crippen LogP contribution in [0, 0.1) is 0 Å². The van der Waals surface area contributed by atoms with Gasteiger partial charge in [0.1, 0.15) is 5.75 Å². The summed E-state index contributed by atoms with van der Waals surface area (Å²) >= 11 is 0. The van der Waals surface area contributed by atoms with Crippen molar-refractivity contribution in [2.24, 2.45) is 5.73 Å². The fourth-order valence-electron chi connectivity index (χ4n) is 1.30. The van der Waals surface area contributed by atoms with E-state index in [2.05, 4.69) is 4.74 Å². The van der Waals surface area contributed by atoms with Crippen LogP contribution in [0.5, 0.6) is 5.75 Å². The summed E-state index contributed by atoms with van der Waals surface area (Å²) in [4.78, 5) is 0. The van der Waals surface area contributed by atoms with Gasteiger partial charge in [0.2, 0.25) is 0 Å². The molecule has 0 aliphatic rings. The minimum Gasteiger partial charge on any atom is -0.496 e. The van der Waals surface area contributed by atoms with Gasteiger partial charge in [-0.05, 0) is 12.1 Å². The lowest BCUT2D eigenvalue weighted by Gasteiger charge is -2.16. The van der Waals surface area contributed by atoms with Gasteiger partial charge in [-0.2, -0.15) is 13.2 Å². The molecule has 0 radical (unpaired) electrons. The highest BCUT2D eigenvalue weighted by Gasteiger charge is 2.32. The van der Waals surface area contributed by atoms with Crippen molar-refractivity contribution in [2.75, 3.05) is 7.11 Å². The zero-order valence-corrected chi connectivity index (χ0v) is 8.76. The number of halogens is 5. The second kappa shape index (κ2) is 4.87. The first-order valence-corrected chi connectivity index (χ1v) is 4.56. The Hall–Kier alpha value is -1.37. The molecule has 1 aromatic carbocycles. The smallest absolute Gasteiger partial charge is 0.416 e. The predicted octanol–water partition coefficient (Wildman–Crippen LogP) is 2.98. The van der Waals surface area contributed by atoms with Gasteiger partial charge in [0.25, 0.3) is 6.43 Å². The van der Waals surface area contributed by atoms with Gasteiger partial charge in [-0.25, -0.2) is 8.78 Å². The molecule has 0 amide bonds. The summed E-state index contributed by atoms with van der Waals surface area (Å²) in [6, 6.07) is 0.572. The molecule has 2 nitrogen and oxygen atoms in total. The Labute approximate surface area is 94.2 Å². The van der Waals surface area contributed by atoms with E-state index in [1.54, 1.807) is 0 Å². The number of nitrogens with two attached hydrogens (primary N) is 1. The second-order valence-electron chi connectivity index (χ2n) is 3.31. The van der Waals surface area contributed by atoms with Crippen LogP contribution in [0.4, 0.5) is 22.0 Å². The van der Waals surface area contributed by atoms with Crippen LogP contribution in [0.15, 0.2) is 18.2 Å². The second-order valence-corrected chi connectivity index (χ2v) is 3.31. The zero-order valence-electron chi connectivity index (χ0n) is 8.76. The molecule has 0 fully saturated rings. The van der Waals surface area contributed by atoms with Crippen molar-refractivity contribution in [3.8, 4) is 5.75 Å². The maximum absolute atomic E-state index is 12.4. The minimum absolute atomic E-state index is 0.157. The Kier molecular flexibility index (Phi) is 3.92. The molecule has 0 saturated heterocycles. The van der Waals surface area contributed by atoms with E-state index in [0.29, 0.717) is 12.1 Å². The van der Waals surface area contributed by atoms with Crippen molar-refractivity contribution < 1.29 is 26.7 Å². The van der Waals surface area contributed by atoms with Gasteiger partial charge >= 0.3 is 6.18 Å². The van der Waals surface area contributed by atoms with Crippen molar-refractivity contribution in [1.29, 1.82) is 0 Å². The first-order valence-electron chi connectivity index (χ1n) is 4.56. The lowest BCUT2D eigenvalue weighted by Crippen LogP contribution is -2.20. The molecule has 1 rings (SSSR count). The van der Waals surface area contributed by atoms with Crippen molar-refractivity contribution in [2.45, 2.75) is 18.6 Å². The van der Waals surface area contributed by atoms with E-state index < -0.39 is 24.2 Å². The quantitative estimate of drug-likeness (QED) is 0.843. The molecule has 1 atom stereocenters. The number of alkyl halides is 5. The Morgan fingerprint density at radius 1 is 1.24 bits per heavy atom. The lowest BCUT2D eigenvalue weighted by molar-refractivity contribution is -0.137. The zero-order chi connectivity index (χ0) is 13.2. The predicted molar refractivity (Wildman–Crippen MR) is 50.9 cm³/mol. The van der Waals surface area contributed by atoms with Crippen LogP contribution in [0.1, 0.15) is 17.2 Å². The molecule has 96 valence electrons. The number of rotatable bonds is 3. The Bertz CT molecular complexity index is 391. The molecule has 0 unspecified atom stereocenters. The molecule has 0 aliphatic carbocycles. The van der Waals surface area contributed by atoms with Crippen molar-refractivity contribution in [3.63, 3.8) is 0 Å². The van der Waals surface area contributed by atoms with E-state index in [9.17, 15) is 22.0 Å². The molecule has 7 heteroatoms. The first-order chi connectivity index (χ1) is 7.77. The van der Waals surface area contributed by atoms with Crippen LogP contribution in [0.2, 0.25) is 0 Å². The fraction of sp³-hybridized carbons (Fsp3) is 0.400. The maximum Gasteiger partial charge on any atom is 0.416 e. The summed E-state index contributed by atoms with van der Waals surface area (Å²) in [6.45, 7) is 0. The van der Waals surface area contributed by atoms with Gasteiger partial charge in [-0.15, -0.1) is 0 Å². The maximum atomic E-state index is 12.4. The van der Waals surface area contributed by atoms with E-state index in [1.807, 2.05) is 0 Å². The number of benzene rings is 1. The van der Waals surface area contributed by atoms with Crippen molar-refractivity contribution >= 4 is 0 Å². The fourth-order valence-corrected chi connectivity index (χ4v) is 1.30. The molecule has 0 heterocycles. The number of ether oxygens (including phenoxy) is 1. The first kappa shape index (κ1) is 13.7. The van der Waals surface area contributed by atoms with Gasteiger partial charge in [-0.1, -0.05) is 6.07 Å². The average Bonchev–Trinajstić information content (AvgIpc) is 2.25. The number of hydrogen-bond acceptors (Lipinski definition) is 2. The Morgan fingerprint density at radius 2 is 1.82 bits per heavy atom. The molecular weight excluding hydrogens is 245 g/mol. The molecule has 1 aromatic rings. The summed E-state index contributed by atoms with van der Waals surface area (Å²) in [6.07, 6.45) is -7.43. The third-order valence-electron chi connectivity index (χ3n) is 2.19. The van der Waals surface area contributed by atoms with Gasteiger partial charge in [0.15, 0.2) is 0 Å². The SMILES string of the molecule is COc1cc(C(F)(F)F)ccc1[C@H](N)C(F)F. The monoisotopic (exact) mass is 255 g/mol. The summed E-state index contributed by atoms with van der Waals surface area (Å²) in [5, 5.41) is 0. The summed E-state index contributed by atoms with van der Waals surface area (Å²) < 4.78 is 66.4. The standard InChI is InChI=1S/C10H10F5NO/c1-17-7-4-5(10(13,14)15)2-3-6(7)8(16)9(11)12/h2-4,8-9H,16H2,1H3/t8-/m0/s1. The molecule has 0 aliphatic heterocycles. The molecule has 0 spiro atoms. The summed E-state index contributed by atoms with van der Waals surface area (Å²) in [7, 11) is 1.09. The molecule has 0 aromatic heterocycles. The van der Waals surface area contributed by atoms with Crippen LogP contribution in [-0.2, 0) is 6.18 Å². The van der Waals surface area contributed by atoms with Crippen LogP contribution < -0.4 is 10.5 Å². The summed E-state index contributed by atoms with van der Waals surface area (Å²) in [5.41, 5.74) is 4.03. The normalized spacial score (nSPS) is 13.9. The van der Waals surface area contributed by atoms with E-state index in [-0.39, 0.29) is 11.3 Å². The van der Waals surface area contributed by atoms with Gasteiger partial charge < -0.3 is 10.5 Å². The highest BCUT2D eigenvalue weighted by atomic mass is 19.4. The van der Waals surface area contributed by atoms with E-state index in [1.165, 1.54) is 0 Å². The van der Waals surface area contributed by atoms with E-state index in [4.69, 9.17) is 5.73 Å². The number of hydrogen-bond donors (Lipinski definition) is 1. The third kappa shape index (κ3) is 3.06. The third-order valence-corrected chi connectivity index (χ3v) is 2.19. The van der Waals surface area contributed by atoms with Crippen LogP contribution >= 0.6 is 0 Å². The number of methoxy groups -OCH3 is 1. The van der Waals surface area contributed by atoms with Gasteiger partial charge in [0.05, 0.1) is 18.7 Å². The van der Waals surface area contributed by atoms with Gasteiger partial charge in [0, 0.05) is 5.56 Å². The van der Waals surface area contributed by atoms with Crippen molar-refractivity contribution in [3.05, 3.63) is 29.3 Å². The van der Waals surface area contributed by atoms with Crippen molar-refractivity contribution in [1.82, 2.24) is 0 Å². The average molecular weight is 255 g/mol. The molecular formula is C10H10F5NO. The Balaban J connectivity index is 3.19. The Morgan fingerprint density at radius 3 is 2.24 bits per heavy atom. The highest BCUT2D eigenvalue weighted by molar-refractivity contribution is 5.40. The highest BCUT2D eigenvalue weighted by Crippen LogP contribution is 2.35. The van der Waals surface area contributed by atoms with E-state index in [0.717, 1.165) is 13.2 Å². The minimum atomic E-state index is -4.55. The molecule has 0 bridgehead atoms. The largest absolute Gasteiger partial charge is 0.496 e. The summed E-state index contributed by atoms with van der Waals surface area (Å²) in [5.74, 6) is -0.298. The van der Waals surface area contributed by atoms with E-state index >= 15 is 0 Å². The molecule has 17 heavy (non-hydrogen) atoms. The van der Waals surface area contributed by atoms with Crippen LogP contribution in [0.25, 0.3) is 0 Å². The topological polar surface area (TPSA) is 35.2 Å². The molecule has 2 N–H and O–H groups in total. The van der Waals surface area contributed by atoms with Crippen LogP contribution in [0.3, 0.4) is 0 Å². The van der Waals surface area contributed by atoms with Crippen LogP contribution in [-0.4, -0.2) is 13.5 Å².